The molecule has 5 heteroatoms. The Balaban J connectivity index is 1.68. The van der Waals surface area contributed by atoms with Gasteiger partial charge in [-0.25, -0.2) is 0 Å². The van der Waals surface area contributed by atoms with Gasteiger partial charge in [0.1, 0.15) is 0 Å². The lowest BCUT2D eigenvalue weighted by Crippen LogP contribution is -2.34. The van der Waals surface area contributed by atoms with Crippen LogP contribution in [-0.4, -0.2) is 27.2 Å². The van der Waals surface area contributed by atoms with Gasteiger partial charge in [0.15, 0.2) is 11.5 Å². The fourth-order valence-corrected chi connectivity index (χ4v) is 4.38. The molecule has 5 nitrogen and oxygen atoms in total. The van der Waals surface area contributed by atoms with E-state index in [1.807, 2.05) is 30.3 Å². The van der Waals surface area contributed by atoms with Gasteiger partial charge in [0.25, 0.3) is 0 Å². The molecule has 0 heterocycles. The molecular weight excluding hydrogens is 378 g/mol. The number of amides is 1. The van der Waals surface area contributed by atoms with Gasteiger partial charge in [-0.15, -0.1) is 0 Å². The van der Waals surface area contributed by atoms with Crippen LogP contribution >= 0.6 is 0 Å². The first-order valence-corrected chi connectivity index (χ1v) is 10.8. The zero-order valence-corrected chi connectivity index (χ0v) is 18.3. The second kappa shape index (κ2) is 10.9. The molecule has 0 bridgehead atoms. The lowest BCUT2D eigenvalue weighted by molar-refractivity contribution is -0.122. The lowest BCUT2D eigenvalue weighted by Gasteiger charge is -2.31. The summed E-state index contributed by atoms with van der Waals surface area (Å²) in [5, 5.41) is 3.33. The van der Waals surface area contributed by atoms with Crippen LogP contribution in [0.1, 0.15) is 55.7 Å². The van der Waals surface area contributed by atoms with E-state index in [1.54, 1.807) is 21.3 Å². The number of rotatable bonds is 9. The highest BCUT2D eigenvalue weighted by Crippen LogP contribution is 2.38. The molecule has 1 atom stereocenters. The summed E-state index contributed by atoms with van der Waals surface area (Å²) in [6.45, 7) is 0. The normalized spacial score (nSPS) is 15.3. The van der Waals surface area contributed by atoms with Gasteiger partial charge in [-0.05, 0) is 48.4 Å². The quantitative estimate of drug-likeness (QED) is 0.625. The number of carbonyl (C=O) groups excluding carboxylic acids is 1. The molecule has 1 amide bonds. The highest BCUT2D eigenvalue weighted by atomic mass is 16.5. The Morgan fingerprint density at radius 1 is 0.967 bits per heavy atom. The first-order valence-electron chi connectivity index (χ1n) is 10.8. The number of hydrogen-bond donors (Lipinski definition) is 1. The van der Waals surface area contributed by atoms with Crippen LogP contribution in [0.2, 0.25) is 0 Å². The molecule has 0 radical (unpaired) electrons. The Hall–Kier alpha value is -2.69. The van der Waals surface area contributed by atoms with Gasteiger partial charge in [0, 0.05) is 6.42 Å². The van der Waals surface area contributed by atoms with Crippen LogP contribution < -0.4 is 19.5 Å². The van der Waals surface area contributed by atoms with E-state index in [0.29, 0.717) is 36.0 Å². The number of carbonyl (C=O) groups is 1. The van der Waals surface area contributed by atoms with Crippen LogP contribution in [0.15, 0.2) is 42.5 Å². The zero-order chi connectivity index (χ0) is 21.3. The summed E-state index contributed by atoms with van der Waals surface area (Å²) in [6, 6.07) is 14.3. The third-order valence-corrected chi connectivity index (χ3v) is 5.96. The van der Waals surface area contributed by atoms with E-state index in [2.05, 4.69) is 17.4 Å². The molecule has 3 rings (SSSR count). The number of benzene rings is 2. The van der Waals surface area contributed by atoms with Gasteiger partial charge >= 0.3 is 0 Å². The molecule has 30 heavy (non-hydrogen) atoms. The molecule has 1 unspecified atom stereocenters. The Bertz CT molecular complexity index is 790. The van der Waals surface area contributed by atoms with Crippen molar-refractivity contribution in [2.45, 2.75) is 51.0 Å². The Morgan fingerprint density at radius 2 is 1.60 bits per heavy atom. The Labute approximate surface area is 179 Å². The molecule has 0 saturated heterocycles. The second-order valence-corrected chi connectivity index (χ2v) is 7.89. The first kappa shape index (κ1) is 22.0. The zero-order valence-electron chi connectivity index (χ0n) is 18.3. The van der Waals surface area contributed by atoms with Gasteiger partial charge in [-0.3, -0.25) is 4.79 Å². The molecule has 0 aromatic heterocycles. The molecule has 1 aliphatic carbocycles. The number of ether oxygens (including phenoxy) is 3. The largest absolute Gasteiger partial charge is 0.493 e. The van der Waals surface area contributed by atoms with Crippen LogP contribution in [0, 0.1) is 5.92 Å². The van der Waals surface area contributed by atoms with E-state index < -0.39 is 0 Å². The molecule has 1 aliphatic rings. The maximum atomic E-state index is 12.9. The fourth-order valence-electron chi connectivity index (χ4n) is 4.38. The van der Waals surface area contributed by atoms with Crippen LogP contribution in [-0.2, 0) is 11.2 Å². The molecule has 2 aromatic rings. The molecule has 162 valence electrons. The Morgan fingerprint density at radius 3 is 2.17 bits per heavy atom. The minimum Gasteiger partial charge on any atom is -0.493 e. The monoisotopic (exact) mass is 411 g/mol. The summed E-state index contributed by atoms with van der Waals surface area (Å²) < 4.78 is 16.2. The number of aryl methyl sites for hydroxylation is 1. The van der Waals surface area contributed by atoms with Crippen LogP contribution in [0.3, 0.4) is 0 Å². The lowest BCUT2D eigenvalue weighted by atomic mass is 9.81. The molecular formula is C25H33NO4. The number of hydrogen-bond acceptors (Lipinski definition) is 4. The van der Waals surface area contributed by atoms with Gasteiger partial charge < -0.3 is 19.5 Å². The van der Waals surface area contributed by atoms with Crippen molar-refractivity contribution in [2.75, 3.05) is 21.3 Å². The van der Waals surface area contributed by atoms with Crippen LogP contribution in [0.5, 0.6) is 17.2 Å². The van der Waals surface area contributed by atoms with Crippen molar-refractivity contribution in [1.29, 1.82) is 0 Å². The molecule has 2 aromatic carbocycles. The third-order valence-electron chi connectivity index (χ3n) is 5.96. The van der Waals surface area contributed by atoms with Gasteiger partial charge in [-0.1, -0.05) is 49.6 Å². The predicted molar refractivity (Wildman–Crippen MR) is 118 cm³/mol. The number of methoxy groups -OCH3 is 3. The van der Waals surface area contributed by atoms with Crippen molar-refractivity contribution in [1.82, 2.24) is 5.32 Å². The minimum atomic E-state index is 0.0724. The van der Waals surface area contributed by atoms with E-state index in [4.69, 9.17) is 14.2 Å². The summed E-state index contributed by atoms with van der Waals surface area (Å²) in [7, 11) is 4.79. The van der Waals surface area contributed by atoms with Gasteiger partial charge in [0.05, 0.1) is 27.4 Å². The van der Waals surface area contributed by atoms with E-state index in [9.17, 15) is 4.79 Å². The summed E-state index contributed by atoms with van der Waals surface area (Å²) in [5.41, 5.74) is 2.18. The van der Waals surface area contributed by atoms with Crippen molar-refractivity contribution >= 4 is 5.91 Å². The standard InChI is InChI=1S/C25H33NO4/c1-28-21-16-18(17-22(29-2)25(21)30-3)14-15-23(27)26-24(19-10-6-4-7-11-19)20-12-8-5-9-13-20/h4,6-7,10-11,16-17,20,24H,5,8-9,12-15H2,1-3H3,(H,26,27). The van der Waals surface area contributed by atoms with Crippen molar-refractivity contribution < 1.29 is 19.0 Å². The topological polar surface area (TPSA) is 56.8 Å². The molecule has 1 saturated carbocycles. The molecule has 0 aliphatic heterocycles. The SMILES string of the molecule is COc1cc(CCC(=O)NC(c2ccccc2)C2CCCCC2)cc(OC)c1OC. The Kier molecular flexibility index (Phi) is 8.00. The predicted octanol–water partition coefficient (Wildman–Crippen LogP) is 5.08. The summed E-state index contributed by atoms with van der Waals surface area (Å²) in [5.74, 6) is 2.36. The highest BCUT2D eigenvalue weighted by molar-refractivity contribution is 5.77. The number of nitrogens with one attached hydrogen (secondary N) is 1. The fraction of sp³-hybridized carbons (Fsp3) is 0.480. The van der Waals surface area contributed by atoms with Crippen LogP contribution in [0.25, 0.3) is 0 Å². The smallest absolute Gasteiger partial charge is 0.220 e. The maximum Gasteiger partial charge on any atom is 0.220 e. The van der Waals surface area contributed by atoms with Gasteiger partial charge in [-0.2, -0.15) is 0 Å². The van der Waals surface area contributed by atoms with E-state index in [0.717, 1.165) is 5.56 Å². The van der Waals surface area contributed by atoms with Crippen molar-refractivity contribution in [2.24, 2.45) is 5.92 Å². The minimum absolute atomic E-state index is 0.0724. The summed E-state index contributed by atoms with van der Waals surface area (Å²) in [6.07, 6.45) is 7.15. The maximum absolute atomic E-state index is 12.9. The van der Waals surface area contributed by atoms with Crippen LogP contribution in [0.4, 0.5) is 0 Å². The molecule has 1 fully saturated rings. The average molecular weight is 412 g/mol. The van der Waals surface area contributed by atoms with Gasteiger partial charge in [0.2, 0.25) is 11.7 Å². The first-order chi connectivity index (χ1) is 14.7. The van der Waals surface area contributed by atoms with E-state index in [1.165, 1.54) is 37.7 Å². The van der Waals surface area contributed by atoms with E-state index >= 15 is 0 Å². The average Bonchev–Trinajstić information content (AvgIpc) is 2.81. The second-order valence-electron chi connectivity index (χ2n) is 7.89. The summed E-state index contributed by atoms with van der Waals surface area (Å²) in [4.78, 5) is 12.9. The van der Waals surface area contributed by atoms with E-state index in [-0.39, 0.29) is 11.9 Å². The van der Waals surface area contributed by atoms with Crippen molar-refractivity contribution in [3.05, 3.63) is 53.6 Å². The van der Waals surface area contributed by atoms with Crippen molar-refractivity contribution in [3.63, 3.8) is 0 Å². The molecule has 0 spiro atoms. The third kappa shape index (κ3) is 5.47. The highest BCUT2D eigenvalue weighted by Gasteiger charge is 2.26. The summed E-state index contributed by atoms with van der Waals surface area (Å²) >= 11 is 0. The van der Waals surface area contributed by atoms with Crippen molar-refractivity contribution in [3.8, 4) is 17.2 Å². The molecule has 1 N–H and O–H groups in total.